The fraction of sp³-hybridized carbons (Fsp3) is 0.385. The van der Waals surface area contributed by atoms with Crippen LogP contribution in [0.25, 0.3) is 0 Å². The predicted octanol–water partition coefficient (Wildman–Crippen LogP) is 2.32. The zero-order chi connectivity index (χ0) is 16.0. The molecule has 1 aromatic rings. The van der Waals surface area contributed by atoms with Crippen molar-refractivity contribution < 1.29 is 18.9 Å². The van der Waals surface area contributed by atoms with Gasteiger partial charge in [0, 0.05) is 39.6 Å². The van der Waals surface area contributed by atoms with Crippen molar-refractivity contribution >= 4 is 40.1 Å². The molecule has 3 N–H and O–H groups in total. The number of hydrogen-bond acceptors (Lipinski definition) is 3. The van der Waals surface area contributed by atoms with Crippen molar-refractivity contribution in [3.8, 4) is 0 Å². The quantitative estimate of drug-likeness (QED) is 0.745. The lowest BCUT2D eigenvalue weighted by Gasteiger charge is -2.11. The summed E-state index contributed by atoms with van der Waals surface area (Å²) in [5.41, 5.74) is 0.289. The SMILES string of the molecule is CC(CCNC(=O)Nc1cc(Cl)cc(C(=O)O)c1)S(C)=O. The second kappa shape index (κ2) is 7.99. The lowest BCUT2D eigenvalue weighted by molar-refractivity contribution is 0.0697. The number of halogens is 1. The Morgan fingerprint density at radius 2 is 2.05 bits per heavy atom. The van der Waals surface area contributed by atoms with Gasteiger partial charge in [-0.1, -0.05) is 18.5 Å². The predicted molar refractivity (Wildman–Crippen MR) is 83.6 cm³/mol. The molecule has 116 valence electrons. The highest BCUT2D eigenvalue weighted by Crippen LogP contribution is 2.19. The molecule has 1 aromatic carbocycles. The molecule has 0 aliphatic carbocycles. The lowest BCUT2D eigenvalue weighted by Crippen LogP contribution is -2.31. The smallest absolute Gasteiger partial charge is 0.335 e. The molecule has 21 heavy (non-hydrogen) atoms. The molecule has 0 heterocycles. The number of aromatic carboxylic acids is 1. The summed E-state index contributed by atoms with van der Waals surface area (Å²) in [6, 6.07) is 3.60. The molecule has 0 bridgehead atoms. The number of carboxylic acids is 1. The average Bonchev–Trinajstić information content (AvgIpc) is 2.37. The Morgan fingerprint density at radius 1 is 1.38 bits per heavy atom. The normalized spacial score (nSPS) is 13.3. The number of benzene rings is 1. The van der Waals surface area contributed by atoms with Crippen LogP contribution in [0, 0.1) is 0 Å². The molecule has 2 amide bonds. The zero-order valence-corrected chi connectivity index (χ0v) is 13.3. The van der Waals surface area contributed by atoms with E-state index in [9.17, 15) is 13.8 Å². The van der Waals surface area contributed by atoms with Crippen LogP contribution in [0.15, 0.2) is 18.2 Å². The Labute approximate surface area is 130 Å². The van der Waals surface area contributed by atoms with E-state index >= 15 is 0 Å². The molecule has 0 aliphatic heterocycles. The van der Waals surface area contributed by atoms with Crippen LogP contribution in [0.4, 0.5) is 10.5 Å². The summed E-state index contributed by atoms with van der Waals surface area (Å²) in [6.07, 6.45) is 2.20. The van der Waals surface area contributed by atoms with Crippen molar-refractivity contribution in [2.75, 3.05) is 18.1 Å². The van der Waals surface area contributed by atoms with E-state index in [2.05, 4.69) is 10.6 Å². The summed E-state index contributed by atoms with van der Waals surface area (Å²) in [6.45, 7) is 2.21. The van der Waals surface area contributed by atoms with Gasteiger partial charge in [-0.05, 0) is 24.6 Å². The maximum atomic E-state index is 11.7. The number of hydrogen-bond donors (Lipinski definition) is 3. The molecule has 1 rings (SSSR count). The van der Waals surface area contributed by atoms with Crippen LogP contribution in [-0.4, -0.2) is 39.4 Å². The second-order valence-corrected chi connectivity index (χ2v) is 6.75. The molecule has 0 fully saturated rings. The highest BCUT2D eigenvalue weighted by molar-refractivity contribution is 7.84. The molecule has 2 unspecified atom stereocenters. The van der Waals surface area contributed by atoms with Crippen LogP contribution in [-0.2, 0) is 10.8 Å². The third-order valence-electron chi connectivity index (χ3n) is 2.81. The number of rotatable bonds is 6. The van der Waals surface area contributed by atoms with E-state index in [0.29, 0.717) is 18.7 Å². The van der Waals surface area contributed by atoms with E-state index in [1.165, 1.54) is 18.2 Å². The van der Waals surface area contributed by atoms with E-state index in [0.717, 1.165) is 0 Å². The number of amides is 2. The van der Waals surface area contributed by atoms with Crippen LogP contribution in [0.3, 0.4) is 0 Å². The molecule has 0 saturated heterocycles. The molecule has 0 saturated carbocycles. The second-order valence-electron chi connectivity index (χ2n) is 4.51. The highest BCUT2D eigenvalue weighted by atomic mass is 35.5. The summed E-state index contributed by atoms with van der Waals surface area (Å²) in [7, 11) is -0.929. The topological polar surface area (TPSA) is 95.5 Å². The Morgan fingerprint density at radius 3 is 2.62 bits per heavy atom. The zero-order valence-electron chi connectivity index (χ0n) is 11.7. The number of carbonyl (C=O) groups excluding carboxylic acids is 1. The Bertz CT molecular complexity index is 565. The first-order chi connectivity index (χ1) is 9.79. The van der Waals surface area contributed by atoms with Crippen molar-refractivity contribution in [2.45, 2.75) is 18.6 Å². The van der Waals surface area contributed by atoms with E-state index in [4.69, 9.17) is 16.7 Å². The summed E-state index contributed by atoms with van der Waals surface area (Å²) in [4.78, 5) is 22.6. The van der Waals surface area contributed by atoms with Crippen molar-refractivity contribution in [3.05, 3.63) is 28.8 Å². The molecule has 0 radical (unpaired) electrons. The van der Waals surface area contributed by atoms with Crippen molar-refractivity contribution in [1.29, 1.82) is 0 Å². The summed E-state index contributed by atoms with van der Waals surface area (Å²) in [5, 5.41) is 14.2. The fourth-order valence-corrected chi connectivity index (χ4v) is 2.20. The minimum absolute atomic E-state index is 0.00455. The molecule has 8 heteroatoms. The third-order valence-corrected chi connectivity index (χ3v) is 4.39. The lowest BCUT2D eigenvalue weighted by atomic mass is 10.2. The van der Waals surface area contributed by atoms with Gasteiger partial charge in [0.1, 0.15) is 0 Å². The van der Waals surface area contributed by atoms with Gasteiger partial charge in [-0.3, -0.25) is 4.21 Å². The molecule has 0 spiro atoms. The third kappa shape index (κ3) is 6.14. The minimum atomic E-state index is -1.12. The first-order valence-corrected chi connectivity index (χ1v) is 8.20. The van der Waals surface area contributed by atoms with Gasteiger partial charge in [0.25, 0.3) is 0 Å². The minimum Gasteiger partial charge on any atom is -0.478 e. The highest BCUT2D eigenvalue weighted by Gasteiger charge is 2.10. The first kappa shape index (κ1) is 17.5. The largest absolute Gasteiger partial charge is 0.478 e. The molecule has 6 nitrogen and oxygen atoms in total. The van der Waals surface area contributed by atoms with Gasteiger partial charge in [0.05, 0.1) is 5.56 Å². The van der Waals surface area contributed by atoms with Crippen LogP contribution < -0.4 is 10.6 Å². The molecular weight excluding hydrogens is 316 g/mol. The van der Waals surface area contributed by atoms with Gasteiger partial charge >= 0.3 is 12.0 Å². The monoisotopic (exact) mass is 332 g/mol. The molecule has 0 aliphatic rings. The van der Waals surface area contributed by atoms with Crippen LogP contribution in [0.5, 0.6) is 0 Å². The summed E-state index contributed by atoms with van der Waals surface area (Å²) >= 11 is 5.79. The summed E-state index contributed by atoms with van der Waals surface area (Å²) in [5.74, 6) is -1.12. The van der Waals surface area contributed by atoms with Gasteiger partial charge in [-0.2, -0.15) is 0 Å². The van der Waals surface area contributed by atoms with Gasteiger partial charge in [-0.15, -0.1) is 0 Å². The number of carbonyl (C=O) groups is 2. The average molecular weight is 333 g/mol. The van der Waals surface area contributed by atoms with E-state index in [1.807, 2.05) is 6.92 Å². The van der Waals surface area contributed by atoms with Crippen molar-refractivity contribution in [3.63, 3.8) is 0 Å². The van der Waals surface area contributed by atoms with E-state index in [-0.39, 0.29) is 15.8 Å². The molecule has 0 aromatic heterocycles. The number of urea groups is 1. The van der Waals surface area contributed by atoms with Crippen LogP contribution >= 0.6 is 11.6 Å². The summed E-state index contributed by atoms with van der Waals surface area (Å²) < 4.78 is 11.2. The maximum absolute atomic E-state index is 11.7. The van der Waals surface area contributed by atoms with Crippen LogP contribution in [0.1, 0.15) is 23.7 Å². The first-order valence-electron chi connectivity index (χ1n) is 6.20. The van der Waals surface area contributed by atoms with Crippen molar-refractivity contribution in [2.24, 2.45) is 0 Å². The number of carboxylic acid groups (broad SMARTS) is 1. The van der Waals surface area contributed by atoms with Gasteiger partial charge in [-0.25, -0.2) is 9.59 Å². The Balaban J connectivity index is 2.55. The molecule has 2 atom stereocenters. The maximum Gasteiger partial charge on any atom is 0.335 e. The standard InChI is InChI=1S/C13H17ClN2O4S/c1-8(21(2)20)3-4-15-13(19)16-11-6-9(12(17)18)5-10(14)7-11/h5-8H,3-4H2,1-2H3,(H,17,18)(H2,15,16,19). The molecular formula is C13H17ClN2O4S. The van der Waals surface area contributed by atoms with Crippen LogP contribution in [0.2, 0.25) is 5.02 Å². The van der Waals surface area contributed by atoms with Gasteiger partial charge < -0.3 is 15.7 Å². The van der Waals surface area contributed by atoms with E-state index < -0.39 is 22.8 Å². The van der Waals surface area contributed by atoms with Crippen molar-refractivity contribution in [1.82, 2.24) is 5.32 Å². The van der Waals surface area contributed by atoms with Gasteiger partial charge in [0.15, 0.2) is 0 Å². The number of nitrogens with one attached hydrogen (secondary N) is 2. The van der Waals surface area contributed by atoms with E-state index in [1.54, 1.807) is 6.26 Å². The Hall–Kier alpha value is -1.60. The Kier molecular flexibility index (Phi) is 6.64. The fourth-order valence-electron chi connectivity index (χ4n) is 1.52. The number of anilines is 1. The van der Waals surface area contributed by atoms with Gasteiger partial charge in [0.2, 0.25) is 0 Å².